The van der Waals surface area contributed by atoms with Crippen LogP contribution in [0.3, 0.4) is 0 Å². The molecule has 0 bridgehead atoms. The molecule has 0 N–H and O–H groups in total. The third-order valence-electron chi connectivity index (χ3n) is 2.71. The molecule has 0 heterocycles. The molecule has 0 spiro atoms. The highest BCUT2D eigenvalue weighted by Crippen LogP contribution is 2.37. The number of hydrogen-bond donors (Lipinski definition) is 0. The number of rotatable bonds is 2. The Hall–Kier alpha value is -0.500. The van der Waals surface area contributed by atoms with Gasteiger partial charge in [0.2, 0.25) is 0 Å². The van der Waals surface area contributed by atoms with Crippen molar-refractivity contribution < 1.29 is 4.39 Å². The maximum absolute atomic E-state index is 13.1. The van der Waals surface area contributed by atoms with Crippen LogP contribution in [0.25, 0.3) is 0 Å². The summed E-state index contributed by atoms with van der Waals surface area (Å²) in [6.45, 7) is 0. The molecule has 2 rings (SSSR count). The molecule has 1 saturated carbocycles. The van der Waals surface area contributed by atoms with Crippen molar-refractivity contribution >= 4 is 11.8 Å². The molecule has 0 aliphatic heterocycles. The van der Waals surface area contributed by atoms with Gasteiger partial charge in [-0.05, 0) is 48.8 Å². The molecule has 0 atom stereocenters. The van der Waals surface area contributed by atoms with E-state index in [0.717, 1.165) is 4.90 Å². The van der Waals surface area contributed by atoms with E-state index in [4.69, 9.17) is 0 Å². The second-order valence-corrected chi connectivity index (χ2v) is 4.43. The van der Waals surface area contributed by atoms with E-state index in [1.54, 1.807) is 23.9 Å². The van der Waals surface area contributed by atoms with Crippen molar-refractivity contribution in [1.29, 1.82) is 0 Å². The fourth-order valence-electron chi connectivity index (χ4n) is 1.68. The van der Waals surface area contributed by atoms with Crippen molar-refractivity contribution in [1.82, 2.24) is 0 Å². The molecule has 0 nitrogen and oxygen atoms in total. The summed E-state index contributed by atoms with van der Waals surface area (Å²) in [5, 5.41) is 0. The highest BCUT2D eigenvalue weighted by atomic mass is 32.2. The second-order valence-electron chi connectivity index (χ2n) is 3.55. The predicted octanol–water partition coefficient (Wildman–Crippen LogP) is 3.82. The molecular formula is C11H13FS. The van der Waals surface area contributed by atoms with Crippen LogP contribution < -0.4 is 0 Å². The zero-order valence-corrected chi connectivity index (χ0v) is 8.53. The molecule has 1 aromatic rings. The number of halogens is 1. The third-order valence-corrected chi connectivity index (χ3v) is 3.41. The lowest BCUT2D eigenvalue weighted by molar-refractivity contribution is 0.417. The Bertz CT molecular complexity index is 305. The van der Waals surface area contributed by atoms with E-state index in [0.29, 0.717) is 5.92 Å². The van der Waals surface area contributed by atoms with Crippen LogP contribution in [-0.4, -0.2) is 6.26 Å². The van der Waals surface area contributed by atoms with Gasteiger partial charge < -0.3 is 0 Å². The lowest BCUT2D eigenvalue weighted by atomic mass is 9.80. The van der Waals surface area contributed by atoms with Gasteiger partial charge in [0.25, 0.3) is 0 Å². The van der Waals surface area contributed by atoms with Gasteiger partial charge in [-0.25, -0.2) is 4.39 Å². The Balaban J connectivity index is 2.28. The van der Waals surface area contributed by atoms with Crippen LogP contribution in [-0.2, 0) is 0 Å². The van der Waals surface area contributed by atoms with Crippen molar-refractivity contribution in [2.75, 3.05) is 6.26 Å². The molecule has 0 aromatic heterocycles. The summed E-state index contributed by atoms with van der Waals surface area (Å²) < 4.78 is 13.1. The Morgan fingerprint density at radius 3 is 2.62 bits per heavy atom. The highest BCUT2D eigenvalue weighted by molar-refractivity contribution is 7.98. The maximum atomic E-state index is 13.1. The molecule has 1 aliphatic carbocycles. The zero-order chi connectivity index (χ0) is 9.26. The summed E-state index contributed by atoms with van der Waals surface area (Å²) in [6.07, 6.45) is 5.75. The largest absolute Gasteiger partial charge is 0.207 e. The number of benzene rings is 1. The standard InChI is InChI=1S/C11H13FS/c1-13-11-6-9(5-10(12)7-11)8-3-2-4-8/h5-8H,2-4H2,1H3. The predicted molar refractivity (Wildman–Crippen MR) is 54.8 cm³/mol. The van der Waals surface area contributed by atoms with Crippen LogP contribution in [0.4, 0.5) is 4.39 Å². The summed E-state index contributed by atoms with van der Waals surface area (Å²) >= 11 is 1.61. The van der Waals surface area contributed by atoms with Gasteiger partial charge in [-0.3, -0.25) is 0 Å². The molecule has 0 radical (unpaired) electrons. The summed E-state index contributed by atoms with van der Waals surface area (Å²) in [4.78, 5) is 1.04. The molecule has 1 fully saturated rings. The molecule has 2 heteroatoms. The highest BCUT2D eigenvalue weighted by Gasteiger charge is 2.20. The first kappa shape index (κ1) is 9.07. The lowest BCUT2D eigenvalue weighted by Crippen LogP contribution is -2.08. The van der Waals surface area contributed by atoms with Gasteiger partial charge in [0.15, 0.2) is 0 Å². The fourth-order valence-corrected chi connectivity index (χ4v) is 2.16. The topological polar surface area (TPSA) is 0 Å². The van der Waals surface area contributed by atoms with Gasteiger partial charge in [0.05, 0.1) is 0 Å². The van der Waals surface area contributed by atoms with Gasteiger partial charge in [0.1, 0.15) is 5.82 Å². The first-order valence-corrected chi connectivity index (χ1v) is 5.86. The Morgan fingerprint density at radius 1 is 1.31 bits per heavy atom. The first-order valence-electron chi connectivity index (χ1n) is 4.64. The minimum absolute atomic E-state index is 0.0891. The number of hydrogen-bond acceptors (Lipinski definition) is 1. The van der Waals surface area contributed by atoms with E-state index in [9.17, 15) is 4.39 Å². The molecular weight excluding hydrogens is 183 g/mol. The van der Waals surface area contributed by atoms with Crippen molar-refractivity contribution in [2.24, 2.45) is 0 Å². The van der Waals surface area contributed by atoms with Gasteiger partial charge in [-0.1, -0.05) is 6.42 Å². The summed E-state index contributed by atoms with van der Waals surface area (Å²) in [5.41, 5.74) is 1.19. The Labute approximate surface area is 82.5 Å². The lowest BCUT2D eigenvalue weighted by Gasteiger charge is -2.26. The van der Waals surface area contributed by atoms with Gasteiger partial charge >= 0.3 is 0 Å². The quantitative estimate of drug-likeness (QED) is 0.648. The van der Waals surface area contributed by atoms with Crippen molar-refractivity contribution in [3.8, 4) is 0 Å². The van der Waals surface area contributed by atoms with Gasteiger partial charge in [0, 0.05) is 4.90 Å². The average Bonchev–Trinajstić information content (AvgIpc) is 2.00. The van der Waals surface area contributed by atoms with E-state index in [1.165, 1.54) is 24.8 Å². The summed E-state index contributed by atoms with van der Waals surface area (Å²) in [7, 11) is 0. The van der Waals surface area contributed by atoms with Gasteiger partial charge in [-0.2, -0.15) is 0 Å². The molecule has 0 unspecified atom stereocenters. The fraction of sp³-hybridized carbons (Fsp3) is 0.455. The van der Waals surface area contributed by atoms with E-state index in [-0.39, 0.29) is 5.82 Å². The van der Waals surface area contributed by atoms with E-state index < -0.39 is 0 Å². The second kappa shape index (κ2) is 3.70. The Morgan fingerprint density at radius 2 is 2.08 bits per heavy atom. The molecule has 13 heavy (non-hydrogen) atoms. The SMILES string of the molecule is CSc1cc(F)cc(C2CCC2)c1. The molecule has 1 aliphatic rings. The van der Waals surface area contributed by atoms with Crippen LogP contribution >= 0.6 is 11.8 Å². The zero-order valence-electron chi connectivity index (χ0n) is 7.72. The maximum Gasteiger partial charge on any atom is 0.124 e. The van der Waals surface area contributed by atoms with Crippen LogP contribution in [0.5, 0.6) is 0 Å². The third kappa shape index (κ3) is 1.88. The first-order chi connectivity index (χ1) is 6.29. The van der Waals surface area contributed by atoms with Crippen LogP contribution in [0.1, 0.15) is 30.7 Å². The van der Waals surface area contributed by atoms with E-state index in [1.807, 2.05) is 6.26 Å². The molecule has 0 saturated heterocycles. The molecule has 1 aromatic carbocycles. The van der Waals surface area contributed by atoms with Crippen molar-refractivity contribution in [2.45, 2.75) is 30.1 Å². The van der Waals surface area contributed by atoms with Crippen molar-refractivity contribution in [3.05, 3.63) is 29.6 Å². The van der Waals surface area contributed by atoms with Gasteiger partial charge in [-0.15, -0.1) is 11.8 Å². The number of thioether (sulfide) groups is 1. The van der Waals surface area contributed by atoms with E-state index in [2.05, 4.69) is 6.07 Å². The monoisotopic (exact) mass is 196 g/mol. The van der Waals surface area contributed by atoms with E-state index >= 15 is 0 Å². The minimum Gasteiger partial charge on any atom is -0.207 e. The smallest absolute Gasteiger partial charge is 0.124 e. The van der Waals surface area contributed by atoms with Crippen LogP contribution in [0.2, 0.25) is 0 Å². The minimum atomic E-state index is -0.0891. The summed E-state index contributed by atoms with van der Waals surface area (Å²) in [5.74, 6) is 0.537. The Kier molecular flexibility index (Phi) is 2.58. The normalized spacial score (nSPS) is 17.1. The van der Waals surface area contributed by atoms with Crippen LogP contribution in [0, 0.1) is 5.82 Å². The summed E-state index contributed by atoms with van der Waals surface area (Å²) in [6, 6.07) is 5.41. The molecule has 70 valence electrons. The average molecular weight is 196 g/mol. The van der Waals surface area contributed by atoms with Crippen molar-refractivity contribution in [3.63, 3.8) is 0 Å². The van der Waals surface area contributed by atoms with Crippen LogP contribution in [0.15, 0.2) is 23.1 Å². The molecule has 0 amide bonds.